The summed E-state index contributed by atoms with van der Waals surface area (Å²) in [6, 6.07) is 4.40. The van der Waals surface area contributed by atoms with Gasteiger partial charge in [0.05, 0.1) is 6.04 Å². The molecule has 1 aromatic rings. The van der Waals surface area contributed by atoms with Gasteiger partial charge in [-0.1, -0.05) is 12.5 Å². The van der Waals surface area contributed by atoms with Gasteiger partial charge in [0.25, 0.3) is 0 Å². The van der Waals surface area contributed by atoms with Gasteiger partial charge in [-0.05, 0) is 38.4 Å². The fraction of sp³-hybridized carbons (Fsp3) is 0.533. The number of ether oxygens (including phenoxy) is 1. The topological polar surface area (TPSA) is 50.4 Å². The minimum absolute atomic E-state index is 0.117. The van der Waals surface area contributed by atoms with E-state index in [1.165, 1.54) is 6.07 Å². The summed E-state index contributed by atoms with van der Waals surface area (Å²) in [5, 5.41) is 5.88. The zero-order chi connectivity index (χ0) is 16.2. The van der Waals surface area contributed by atoms with Gasteiger partial charge in [0, 0.05) is 11.3 Å². The average molecular weight is 316 g/mol. The Morgan fingerprint density at radius 3 is 2.82 bits per heavy atom. The van der Waals surface area contributed by atoms with Crippen molar-refractivity contribution in [3.05, 3.63) is 23.8 Å². The number of anilines is 1. The number of piperidine rings is 1. The van der Waals surface area contributed by atoms with Crippen molar-refractivity contribution in [1.82, 2.24) is 5.32 Å². The molecule has 1 aliphatic heterocycles. The Morgan fingerprint density at radius 1 is 1.41 bits per heavy atom. The second-order valence-electron chi connectivity index (χ2n) is 5.32. The van der Waals surface area contributed by atoms with Crippen LogP contribution in [-0.2, 0) is 4.79 Å². The summed E-state index contributed by atoms with van der Waals surface area (Å²) in [7, 11) is 0. The van der Waals surface area contributed by atoms with E-state index < -0.39 is 12.8 Å². The van der Waals surface area contributed by atoms with E-state index >= 15 is 0 Å². The summed E-state index contributed by atoms with van der Waals surface area (Å²) in [5.41, 5.74) is 0.952. The Labute approximate surface area is 127 Å². The minimum Gasteiger partial charge on any atom is -0.484 e. The molecule has 7 heteroatoms. The summed E-state index contributed by atoms with van der Waals surface area (Å²) in [6.07, 6.45) is -1.60. The summed E-state index contributed by atoms with van der Waals surface area (Å²) in [4.78, 5) is 12.2. The number of hydrogen-bond acceptors (Lipinski definition) is 3. The van der Waals surface area contributed by atoms with Gasteiger partial charge in [-0.25, -0.2) is 0 Å². The molecule has 1 aliphatic rings. The van der Waals surface area contributed by atoms with Crippen molar-refractivity contribution in [2.75, 3.05) is 18.5 Å². The van der Waals surface area contributed by atoms with E-state index in [-0.39, 0.29) is 17.7 Å². The highest BCUT2D eigenvalue weighted by Gasteiger charge is 2.29. The first-order chi connectivity index (χ1) is 10.4. The molecule has 0 spiro atoms. The molecule has 0 aliphatic carbocycles. The van der Waals surface area contributed by atoms with Crippen LogP contribution in [0.2, 0.25) is 0 Å². The van der Waals surface area contributed by atoms with Crippen LogP contribution in [0.3, 0.4) is 0 Å². The molecule has 1 amide bonds. The van der Waals surface area contributed by atoms with E-state index in [0.29, 0.717) is 11.3 Å². The lowest BCUT2D eigenvalue weighted by Gasteiger charge is -2.23. The van der Waals surface area contributed by atoms with E-state index in [9.17, 15) is 18.0 Å². The summed E-state index contributed by atoms with van der Waals surface area (Å²) < 4.78 is 41.4. The number of carbonyl (C=O) groups is 1. The highest BCUT2D eigenvalue weighted by molar-refractivity contribution is 5.95. The van der Waals surface area contributed by atoms with Crippen molar-refractivity contribution in [3.63, 3.8) is 0 Å². The molecule has 0 saturated carbocycles. The number of alkyl halides is 3. The number of carbonyl (C=O) groups excluding carboxylic acids is 1. The first-order valence-electron chi connectivity index (χ1n) is 7.20. The second kappa shape index (κ2) is 7.00. The molecule has 0 bridgehead atoms. The van der Waals surface area contributed by atoms with Crippen molar-refractivity contribution < 1.29 is 22.7 Å². The van der Waals surface area contributed by atoms with E-state index in [4.69, 9.17) is 4.74 Å². The van der Waals surface area contributed by atoms with Crippen LogP contribution in [0.15, 0.2) is 18.2 Å². The maximum absolute atomic E-state index is 12.2. The first kappa shape index (κ1) is 16.6. The Balaban J connectivity index is 2.03. The fourth-order valence-corrected chi connectivity index (χ4v) is 2.36. The van der Waals surface area contributed by atoms with Crippen LogP contribution in [0.25, 0.3) is 0 Å². The quantitative estimate of drug-likeness (QED) is 0.898. The van der Waals surface area contributed by atoms with Gasteiger partial charge >= 0.3 is 6.18 Å². The van der Waals surface area contributed by atoms with Gasteiger partial charge in [-0.15, -0.1) is 0 Å². The summed E-state index contributed by atoms with van der Waals surface area (Å²) >= 11 is 0. The predicted molar refractivity (Wildman–Crippen MR) is 77.0 cm³/mol. The molecular formula is C15H19F3N2O2. The van der Waals surface area contributed by atoms with Crippen LogP contribution < -0.4 is 15.4 Å². The van der Waals surface area contributed by atoms with E-state index in [1.54, 1.807) is 19.1 Å². The number of rotatable bonds is 4. The van der Waals surface area contributed by atoms with Crippen LogP contribution in [0.4, 0.5) is 18.9 Å². The molecule has 1 unspecified atom stereocenters. The van der Waals surface area contributed by atoms with Crippen molar-refractivity contribution in [1.29, 1.82) is 0 Å². The molecule has 4 nitrogen and oxygen atoms in total. The smallest absolute Gasteiger partial charge is 0.422 e. The number of amides is 1. The molecule has 2 N–H and O–H groups in total. The van der Waals surface area contributed by atoms with Crippen molar-refractivity contribution in [2.24, 2.45) is 0 Å². The number of halogens is 3. The number of nitrogens with one attached hydrogen (secondary N) is 2. The highest BCUT2D eigenvalue weighted by atomic mass is 19.4. The Kier molecular flexibility index (Phi) is 5.28. The molecule has 1 fully saturated rings. The molecule has 22 heavy (non-hydrogen) atoms. The van der Waals surface area contributed by atoms with Crippen molar-refractivity contribution in [2.45, 2.75) is 38.4 Å². The van der Waals surface area contributed by atoms with Crippen LogP contribution >= 0.6 is 0 Å². The Morgan fingerprint density at radius 2 is 2.18 bits per heavy atom. The van der Waals surface area contributed by atoms with E-state index in [0.717, 1.165) is 25.8 Å². The third kappa shape index (κ3) is 4.62. The van der Waals surface area contributed by atoms with Crippen LogP contribution in [0.5, 0.6) is 5.75 Å². The first-order valence-corrected chi connectivity index (χ1v) is 7.20. The standard InChI is InChI=1S/C15H19F3N2O2/c1-10-11(20-14(21)12-5-2-3-8-19-12)6-4-7-13(10)22-9-15(16,17)18/h4,6-7,12,19H,2-3,5,8-9H2,1H3,(H,20,21). The monoisotopic (exact) mass is 316 g/mol. The Bertz CT molecular complexity index is 526. The molecule has 2 rings (SSSR count). The maximum Gasteiger partial charge on any atom is 0.422 e. The zero-order valence-electron chi connectivity index (χ0n) is 12.3. The lowest BCUT2D eigenvalue weighted by molar-refractivity contribution is -0.153. The van der Waals surface area contributed by atoms with Crippen LogP contribution in [0, 0.1) is 6.92 Å². The second-order valence-corrected chi connectivity index (χ2v) is 5.32. The third-order valence-corrected chi connectivity index (χ3v) is 3.56. The highest BCUT2D eigenvalue weighted by Crippen LogP contribution is 2.27. The van der Waals surface area contributed by atoms with Crippen molar-refractivity contribution >= 4 is 11.6 Å². The fourth-order valence-electron chi connectivity index (χ4n) is 2.36. The molecule has 1 saturated heterocycles. The molecule has 0 radical (unpaired) electrons. The van der Waals surface area contributed by atoms with Crippen LogP contribution in [0.1, 0.15) is 24.8 Å². The van der Waals surface area contributed by atoms with E-state index in [1.807, 2.05) is 0 Å². The SMILES string of the molecule is Cc1c(NC(=O)C2CCCCN2)cccc1OCC(F)(F)F. The van der Waals surface area contributed by atoms with Gasteiger partial charge in [0.15, 0.2) is 6.61 Å². The predicted octanol–water partition coefficient (Wildman–Crippen LogP) is 3.02. The van der Waals surface area contributed by atoms with Gasteiger partial charge < -0.3 is 15.4 Å². The molecule has 0 aromatic heterocycles. The van der Waals surface area contributed by atoms with Gasteiger partial charge in [0.2, 0.25) is 5.91 Å². The molecule has 1 heterocycles. The molecular weight excluding hydrogens is 297 g/mol. The Hall–Kier alpha value is -1.76. The molecule has 1 aromatic carbocycles. The average Bonchev–Trinajstić information content (AvgIpc) is 2.48. The largest absolute Gasteiger partial charge is 0.484 e. The molecule has 122 valence electrons. The van der Waals surface area contributed by atoms with Gasteiger partial charge in [-0.3, -0.25) is 4.79 Å². The van der Waals surface area contributed by atoms with Crippen LogP contribution in [-0.4, -0.2) is 31.3 Å². The number of hydrogen-bond donors (Lipinski definition) is 2. The van der Waals surface area contributed by atoms with Crippen molar-refractivity contribution in [3.8, 4) is 5.75 Å². The number of benzene rings is 1. The van der Waals surface area contributed by atoms with Gasteiger partial charge in [0.1, 0.15) is 5.75 Å². The zero-order valence-corrected chi connectivity index (χ0v) is 12.3. The lowest BCUT2D eigenvalue weighted by Crippen LogP contribution is -2.43. The maximum atomic E-state index is 12.2. The molecule has 1 atom stereocenters. The minimum atomic E-state index is -4.39. The van der Waals surface area contributed by atoms with E-state index in [2.05, 4.69) is 10.6 Å². The third-order valence-electron chi connectivity index (χ3n) is 3.56. The lowest BCUT2D eigenvalue weighted by atomic mass is 10.0. The van der Waals surface area contributed by atoms with Gasteiger partial charge in [-0.2, -0.15) is 13.2 Å². The summed E-state index contributed by atoms with van der Waals surface area (Å²) in [5.74, 6) is -0.0532. The summed E-state index contributed by atoms with van der Waals surface area (Å²) in [6.45, 7) is 1.07. The normalized spacial score (nSPS) is 18.8.